The van der Waals surface area contributed by atoms with Crippen molar-refractivity contribution in [1.82, 2.24) is 9.99 Å². The third kappa shape index (κ3) is 4.49. The molecule has 2 aliphatic rings. The fourth-order valence-electron chi connectivity index (χ4n) is 3.14. The number of hydrogen-bond donors (Lipinski definition) is 2. The molecule has 2 aromatic rings. The highest BCUT2D eigenvalue weighted by Gasteiger charge is 2.36. The quantitative estimate of drug-likeness (QED) is 0.645. The van der Waals surface area contributed by atoms with E-state index in [0.29, 0.717) is 28.4 Å². The summed E-state index contributed by atoms with van der Waals surface area (Å²) in [6, 6.07) is 6.35. The Hall–Kier alpha value is -2.30. The molecule has 8 nitrogen and oxygen atoms in total. The molecule has 2 fully saturated rings. The third-order valence-corrected chi connectivity index (χ3v) is 8.06. The molecule has 1 saturated carbocycles. The lowest BCUT2D eigenvalue weighted by atomic mass is 10.1. The van der Waals surface area contributed by atoms with Crippen molar-refractivity contribution >= 4 is 37.9 Å². The average Bonchev–Trinajstić information content (AvgIpc) is 3.29. The van der Waals surface area contributed by atoms with E-state index in [9.17, 15) is 18.3 Å². The number of thiazole rings is 1. The number of carbonyl (C=O) groups excluding carboxylic acids is 1. The van der Waals surface area contributed by atoms with Crippen LogP contribution in [0.15, 0.2) is 40.5 Å². The Morgan fingerprint density at radius 2 is 1.93 bits per heavy atom. The number of sulfone groups is 1. The molecule has 0 atom stereocenters. The van der Waals surface area contributed by atoms with Gasteiger partial charge in [0.25, 0.3) is 5.91 Å². The van der Waals surface area contributed by atoms with Gasteiger partial charge < -0.3 is 5.11 Å². The van der Waals surface area contributed by atoms with E-state index >= 15 is 0 Å². The number of anilines is 1. The number of carbonyl (C=O) groups is 1. The second kappa shape index (κ2) is 8.21. The molecule has 1 saturated heterocycles. The molecule has 1 aromatic carbocycles. The van der Waals surface area contributed by atoms with Gasteiger partial charge in [0.05, 0.1) is 21.6 Å². The summed E-state index contributed by atoms with van der Waals surface area (Å²) in [7, 11) is -3.28. The molecule has 1 aliphatic heterocycles. The van der Waals surface area contributed by atoms with Crippen LogP contribution in [0.3, 0.4) is 0 Å². The smallest absolute Gasteiger partial charge is 0.278 e. The second-order valence-electron chi connectivity index (χ2n) is 7.12. The fraction of sp³-hybridized carbons (Fsp3) is 0.421. The van der Waals surface area contributed by atoms with Gasteiger partial charge in [0.1, 0.15) is 0 Å². The topological polar surface area (TPSA) is 112 Å². The van der Waals surface area contributed by atoms with Gasteiger partial charge in [0.15, 0.2) is 20.7 Å². The zero-order valence-corrected chi connectivity index (χ0v) is 17.4. The lowest BCUT2D eigenvalue weighted by molar-refractivity contribution is -0.110. The number of aromatic nitrogens is 1. The number of benzene rings is 1. The summed E-state index contributed by atoms with van der Waals surface area (Å²) in [6.45, 7) is 1.41. The van der Waals surface area contributed by atoms with E-state index in [2.05, 4.69) is 15.4 Å². The molecule has 2 heterocycles. The SMILES string of the molecule is O=C(Nc1ncc(CO)s1)C(=NN1CCCC1)c1ccc(S(=O)(=O)C2CC2)cc1. The van der Waals surface area contributed by atoms with Gasteiger partial charge in [0, 0.05) is 24.8 Å². The van der Waals surface area contributed by atoms with Crippen LogP contribution in [-0.2, 0) is 21.2 Å². The molecule has 1 amide bonds. The van der Waals surface area contributed by atoms with Gasteiger partial charge in [0.2, 0.25) is 0 Å². The normalized spacial score (nSPS) is 17.6. The number of nitrogens with zero attached hydrogens (tertiary/aromatic N) is 3. The van der Waals surface area contributed by atoms with E-state index in [4.69, 9.17) is 0 Å². The Bertz CT molecular complexity index is 1020. The summed E-state index contributed by atoms with van der Waals surface area (Å²) in [5.74, 6) is -0.423. The molecule has 0 spiro atoms. The van der Waals surface area contributed by atoms with Gasteiger partial charge in [-0.2, -0.15) is 5.10 Å². The van der Waals surface area contributed by atoms with E-state index in [1.165, 1.54) is 17.5 Å². The van der Waals surface area contributed by atoms with E-state index < -0.39 is 15.7 Å². The van der Waals surface area contributed by atoms with Gasteiger partial charge in [-0.25, -0.2) is 13.4 Å². The molecule has 2 N–H and O–H groups in total. The minimum absolute atomic E-state index is 0.140. The maximum atomic E-state index is 12.9. The van der Waals surface area contributed by atoms with Crippen molar-refractivity contribution in [1.29, 1.82) is 0 Å². The summed E-state index contributed by atoms with van der Waals surface area (Å²) in [5.41, 5.74) is 0.756. The van der Waals surface area contributed by atoms with E-state index in [1.807, 2.05) is 5.01 Å². The largest absolute Gasteiger partial charge is 0.391 e. The molecule has 1 aromatic heterocycles. The first-order chi connectivity index (χ1) is 14.0. The molecule has 0 radical (unpaired) electrons. The van der Waals surface area contributed by atoms with Crippen LogP contribution in [0.2, 0.25) is 0 Å². The number of aliphatic hydroxyl groups excluding tert-OH is 1. The predicted octanol–water partition coefficient (Wildman–Crippen LogP) is 2.01. The first-order valence-corrected chi connectivity index (χ1v) is 11.9. The number of amides is 1. The van der Waals surface area contributed by atoms with Crippen molar-refractivity contribution in [2.75, 3.05) is 18.4 Å². The van der Waals surface area contributed by atoms with E-state index in [-0.39, 0.29) is 22.5 Å². The van der Waals surface area contributed by atoms with Crippen molar-refractivity contribution < 1.29 is 18.3 Å². The van der Waals surface area contributed by atoms with Crippen LogP contribution in [-0.4, -0.2) is 53.5 Å². The molecule has 10 heteroatoms. The van der Waals surface area contributed by atoms with Crippen LogP contribution in [0.5, 0.6) is 0 Å². The van der Waals surface area contributed by atoms with Crippen molar-refractivity contribution in [3.63, 3.8) is 0 Å². The highest BCUT2D eigenvalue weighted by molar-refractivity contribution is 7.92. The van der Waals surface area contributed by atoms with Crippen molar-refractivity contribution in [3.05, 3.63) is 40.9 Å². The summed E-state index contributed by atoms with van der Waals surface area (Å²) < 4.78 is 24.8. The third-order valence-electron chi connectivity index (χ3n) is 4.89. The fourth-order valence-corrected chi connectivity index (χ4v) is 5.47. The van der Waals surface area contributed by atoms with Crippen LogP contribution in [0.25, 0.3) is 0 Å². The first-order valence-electron chi connectivity index (χ1n) is 9.52. The van der Waals surface area contributed by atoms with Crippen LogP contribution < -0.4 is 5.32 Å². The highest BCUT2D eigenvalue weighted by atomic mass is 32.2. The van der Waals surface area contributed by atoms with Gasteiger partial charge in [-0.15, -0.1) is 0 Å². The molecule has 0 bridgehead atoms. The summed E-state index contributed by atoms with van der Waals surface area (Å²) >= 11 is 1.19. The van der Waals surface area contributed by atoms with Crippen LogP contribution in [0, 0.1) is 0 Å². The highest BCUT2D eigenvalue weighted by Crippen LogP contribution is 2.33. The first kappa shape index (κ1) is 20.0. The summed E-state index contributed by atoms with van der Waals surface area (Å²) in [6.07, 6.45) is 4.96. The molecule has 29 heavy (non-hydrogen) atoms. The lowest BCUT2D eigenvalue weighted by Gasteiger charge is -2.14. The maximum absolute atomic E-state index is 12.9. The van der Waals surface area contributed by atoms with Gasteiger partial charge in [-0.1, -0.05) is 23.5 Å². The lowest BCUT2D eigenvalue weighted by Crippen LogP contribution is -2.27. The molecular formula is C19H22N4O4S2. The summed E-state index contributed by atoms with van der Waals surface area (Å²) in [5, 5.41) is 18.4. The Morgan fingerprint density at radius 3 is 2.52 bits per heavy atom. The van der Waals surface area contributed by atoms with Gasteiger partial charge in [-0.3, -0.25) is 15.1 Å². The van der Waals surface area contributed by atoms with Crippen molar-refractivity contribution in [2.24, 2.45) is 5.10 Å². The van der Waals surface area contributed by atoms with Crippen molar-refractivity contribution in [3.8, 4) is 0 Å². The van der Waals surface area contributed by atoms with Gasteiger partial charge in [-0.05, 0) is 37.8 Å². The maximum Gasteiger partial charge on any atom is 0.278 e. The molecule has 154 valence electrons. The van der Waals surface area contributed by atoms with Crippen LogP contribution >= 0.6 is 11.3 Å². The summed E-state index contributed by atoms with van der Waals surface area (Å²) in [4.78, 5) is 17.9. The Kier molecular flexibility index (Phi) is 5.66. The minimum Gasteiger partial charge on any atom is -0.391 e. The Labute approximate surface area is 173 Å². The molecule has 4 rings (SSSR count). The van der Waals surface area contributed by atoms with E-state index in [1.54, 1.807) is 24.3 Å². The number of rotatable bonds is 7. The van der Waals surface area contributed by atoms with Crippen LogP contribution in [0.1, 0.15) is 36.1 Å². The number of hydrazone groups is 1. The minimum atomic E-state index is -3.28. The Morgan fingerprint density at radius 1 is 1.24 bits per heavy atom. The Balaban J connectivity index is 1.60. The predicted molar refractivity (Wildman–Crippen MR) is 111 cm³/mol. The number of hydrogen-bond acceptors (Lipinski definition) is 8. The molecular weight excluding hydrogens is 412 g/mol. The molecule has 1 aliphatic carbocycles. The van der Waals surface area contributed by atoms with Crippen LogP contribution in [0.4, 0.5) is 5.13 Å². The molecule has 0 unspecified atom stereocenters. The van der Waals surface area contributed by atoms with Gasteiger partial charge >= 0.3 is 0 Å². The zero-order valence-electron chi connectivity index (χ0n) is 15.7. The number of aliphatic hydroxyl groups is 1. The zero-order chi connectivity index (χ0) is 20.4. The van der Waals surface area contributed by atoms with Crippen molar-refractivity contribution in [2.45, 2.75) is 42.4 Å². The monoisotopic (exact) mass is 434 g/mol. The standard InChI is InChI=1S/C19H22N4O4S2/c24-12-14-11-20-19(28-14)21-18(25)17(22-23-9-1-2-10-23)13-3-5-15(6-4-13)29(26,27)16-7-8-16/h3-6,11,16,24H,1-2,7-10,12H2,(H,20,21,25). The second-order valence-corrected chi connectivity index (χ2v) is 10.5. The number of nitrogens with one attached hydrogen (secondary N) is 1. The average molecular weight is 435 g/mol. The van der Waals surface area contributed by atoms with E-state index in [0.717, 1.165) is 25.9 Å².